The summed E-state index contributed by atoms with van der Waals surface area (Å²) in [5.74, 6) is 0. The first kappa shape index (κ1) is 29.5. The van der Waals surface area contributed by atoms with Crippen molar-refractivity contribution in [3.05, 3.63) is 96.1 Å². The summed E-state index contributed by atoms with van der Waals surface area (Å²) in [6, 6.07) is 13.3. The number of rotatable bonds is 8. The maximum Gasteiger partial charge on any atom is 0.416 e. The molecule has 2 fully saturated rings. The van der Waals surface area contributed by atoms with Crippen LogP contribution in [0.2, 0.25) is 0 Å². The van der Waals surface area contributed by atoms with E-state index in [0.717, 1.165) is 49.7 Å². The fourth-order valence-electron chi connectivity index (χ4n) is 4.61. The molecule has 0 aromatic heterocycles. The van der Waals surface area contributed by atoms with Crippen LogP contribution in [0.25, 0.3) is 11.1 Å². The van der Waals surface area contributed by atoms with Gasteiger partial charge in [0.05, 0.1) is 11.6 Å². The highest BCUT2D eigenvalue weighted by Crippen LogP contribution is 2.32. The van der Waals surface area contributed by atoms with Gasteiger partial charge in [0.2, 0.25) is 0 Å². The highest BCUT2D eigenvalue weighted by molar-refractivity contribution is 5.77. The molecule has 1 N–H and O–H groups in total. The van der Waals surface area contributed by atoms with Gasteiger partial charge in [-0.05, 0) is 42.8 Å². The van der Waals surface area contributed by atoms with E-state index in [-0.39, 0.29) is 6.04 Å². The van der Waals surface area contributed by atoms with Crippen LogP contribution in [-0.4, -0.2) is 67.6 Å². The number of hydrogen-bond donors (Lipinski definition) is 1. The minimum Gasteiger partial charge on any atom is -0.305 e. The molecule has 0 spiro atoms. The van der Waals surface area contributed by atoms with Gasteiger partial charge in [0.1, 0.15) is 12.5 Å². The van der Waals surface area contributed by atoms with E-state index < -0.39 is 17.9 Å². The number of likely N-dealkylation sites (N-methyl/N-ethyl adjacent to an activating group) is 1. The standard InChI is InChI=1S/C22H25F4N3.C8H10O/c1-28-13-20(23)21(14-28)27-19-11-29(12-19)10-15-5-7-16(8-6-15)17-3-2-4-18(9-17)22(24,25)26;1-3-5-8(7-9)6-4-2/h2-9,19-21,27H,10-14H2,1H3;3-7H,1H2,2H3/b;6-4-,8-5+. The third-order valence-corrected chi connectivity index (χ3v) is 6.53. The van der Waals surface area contributed by atoms with Crippen LogP contribution < -0.4 is 5.32 Å². The average molecular weight is 530 g/mol. The summed E-state index contributed by atoms with van der Waals surface area (Å²) in [6.07, 6.45) is 2.43. The van der Waals surface area contributed by atoms with Crippen LogP contribution in [0, 0.1) is 0 Å². The Hall–Kier alpha value is -3.07. The van der Waals surface area contributed by atoms with Crippen molar-refractivity contribution in [2.75, 3.05) is 33.2 Å². The molecular formula is C30H35F4N3O. The molecule has 2 atom stereocenters. The van der Waals surface area contributed by atoms with Crippen molar-refractivity contribution in [2.45, 2.75) is 37.9 Å². The lowest BCUT2D eigenvalue weighted by Gasteiger charge is -2.41. The third kappa shape index (κ3) is 8.48. The van der Waals surface area contributed by atoms with E-state index in [1.54, 1.807) is 24.3 Å². The Labute approximate surface area is 222 Å². The molecule has 0 amide bonds. The largest absolute Gasteiger partial charge is 0.416 e. The number of aldehydes is 1. The van der Waals surface area contributed by atoms with E-state index in [4.69, 9.17) is 0 Å². The first-order valence-corrected chi connectivity index (χ1v) is 12.6. The van der Waals surface area contributed by atoms with Gasteiger partial charge in [0.25, 0.3) is 0 Å². The summed E-state index contributed by atoms with van der Waals surface area (Å²) in [5, 5.41) is 3.41. The SMILES string of the molecule is C=C/C=C(C=O)\C=C/C.CN1CC(F)C(NC2CN(Cc3ccc(-c4cccc(C(F)(F)F)c4)cc3)C2)C1. The van der Waals surface area contributed by atoms with Crippen LogP contribution in [0.1, 0.15) is 18.1 Å². The molecule has 4 nitrogen and oxygen atoms in total. The molecule has 2 aliphatic heterocycles. The second kappa shape index (κ2) is 13.6. The van der Waals surface area contributed by atoms with Crippen molar-refractivity contribution in [1.29, 1.82) is 0 Å². The van der Waals surface area contributed by atoms with E-state index in [0.29, 0.717) is 23.7 Å². The Morgan fingerprint density at radius 1 is 1.08 bits per heavy atom. The predicted octanol–water partition coefficient (Wildman–Crippen LogP) is 5.67. The monoisotopic (exact) mass is 529 g/mol. The van der Waals surface area contributed by atoms with Crippen molar-refractivity contribution < 1.29 is 22.4 Å². The molecular weight excluding hydrogens is 494 g/mol. The first-order chi connectivity index (χ1) is 18.1. The number of benzene rings is 2. The van der Waals surface area contributed by atoms with E-state index in [1.165, 1.54) is 12.1 Å². The Bertz CT molecular complexity index is 1120. The van der Waals surface area contributed by atoms with Crippen LogP contribution in [0.4, 0.5) is 17.6 Å². The van der Waals surface area contributed by atoms with Gasteiger partial charge in [0, 0.05) is 44.3 Å². The molecule has 2 aliphatic rings. The van der Waals surface area contributed by atoms with Crippen molar-refractivity contribution >= 4 is 6.29 Å². The Kier molecular flexibility index (Phi) is 10.6. The zero-order valence-electron chi connectivity index (χ0n) is 21.8. The normalized spacial score (nSPS) is 21.2. The third-order valence-electron chi connectivity index (χ3n) is 6.53. The number of alkyl halides is 4. The van der Waals surface area contributed by atoms with Crippen molar-refractivity contribution in [3.8, 4) is 11.1 Å². The van der Waals surface area contributed by atoms with Crippen LogP contribution in [0.3, 0.4) is 0 Å². The first-order valence-electron chi connectivity index (χ1n) is 12.6. The molecule has 8 heteroatoms. The zero-order valence-corrected chi connectivity index (χ0v) is 21.8. The number of nitrogens with zero attached hydrogens (tertiary/aromatic N) is 2. The summed E-state index contributed by atoms with van der Waals surface area (Å²) >= 11 is 0. The molecule has 0 saturated carbocycles. The highest BCUT2D eigenvalue weighted by atomic mass is 19.4. The summed E-state index contributed by atoms with van der Waals surface area (Å²) in [4.78, 5) is 14.4. The lowest BCUT2D eigenvalue weighted by molar-refractivity contribution is -0.137. The fourth-order valence-corrected chi connectivity index (χ4v) is 4.61. The number of likely N-dealkylation sites (tertiary alicyclic amines) is 2. The van der Waals surface area contributed by atoms with E-state index in [9.17, 15) is 22.4 Å². The maximum atomic E-state index is 13.9. The van der Waals surface area contributed by atoms with Gasteiger partial charge < -0.3 is 10.2 Å². The Balaban J connectivity index is 0.000000383. The fraction of sp³-hybridized carbons (Fsp3) is 0.367. The molecule has 2 unspecified atom stereocenters. The molecule has 38 heavy (non-hydrogen) atoms. The molecule has 2 saturated heterocycles. The number of nitrogens with one attached hydrogen (secondary N) is 1. The number of carbonyl (C=O) groups excluding carboxylic acids is 1. The van der Waals surface area contributed by atoms with Gasteiger partial charge in [-0.2, -0.15) is 13.2 Å². The summed E-state index contributed by atoms with van der Waals surface area (Å²) < 4.78 is 52.6. The molecule has 0 aliphatic carbocycles. The van der Waals surface area contributed by atoms with E-state index >= 15 is 0 Å². The highest BCUT2D eigenvalue weighted by Gasteiger charge is 2.35. The predicted molar refractivity (Wildman–Crippen MR) is 144 cm³/mol. The summed E-state index contributed by atoms with van der Waals surface area (Å²) in [6.45, 7) is 9.10. The number of carbonyl (C=O) groups is 1. The smallest absolute Gasteiger partial charge is 0.305 e. The Morgan fingerprint density at radius 2 is 1.79 bits per heavy atom. The lowest BCUT2D eigenvalue weighted by atomic mass is 10.0. The second-order valence-corrected chi connectivity index (χ2v) is 9.70. The molecule has 2 heterocycles. The van der Waals surface area contributed by atoms with Crippen molar-refractivity contribution in [3.63, 3.8) is 0 Å². The van der Waals surface area contributed by atoms with Gasteiger partial charge >= 0.3 is 6.18 Å². The van der Waals surface area contributed by atoms with E-state index in [1.807, 2.05) is 49.2 Å². The number of hydrogen-bond acceptors (Lipinski definition) is 4. The number of halogens is 4. The van der Waals surface area contributed by atoms with Crippen molar-refractivity contribution in [1.82, 2.24) is 15.1 Å². The number of allylic oxidation sites excluding steroid dienone is 5. The van der Waals surface area contributed by atoms with Gasteiger partial charge in [-0.25, -0.2) is 4.39 Å². The zero-order chi connectivity index (χ0) is 27.7. The molecule has 4 rings (SSSR count). The second-order valence-electron chi connectivity index (χ2n) is 9.70. The van der Waals surface area contributed by atoms with Gasteiger partial charge in [-0.1, -0.05) is 67.3 Å². The van der Waals surface area contributed by atoms with Crippen LogP contribution in [-0.2, 0) is 17.5 Å². The molecule has 0 bridgehead atoms. The average Bonchev–Trinajstić information content (AvgIpc) is 3.19. The molecule has 2 aromatic rings. The molecule has 2 aromatic carbocycles. The molecule has 204 valence electrons. The quantitative estimate of drug-likeness (QED) is 0.207. The Morgan fingerprint density at radius 3 is 2.34 bits per heavy atom. The van der Waals surface area contributed by atoms with Crippen LogP contribution in [0.5, 0.6) is 0 Å². The molecule has 0 radical (unpaired) electrons. The minimum absolute atomic E-state index is 0.0844. The topological polar surface area (TPSA) is 35.6 Å². The lowest BCUT2D eigenvalue weighted by Crippen LogP contribution is -2.61. The summed E-state index contributed by atoms with van der Waals surface area (Å²) in [7, 11) is 1.93. The van der Waals surface area contributed by atoms with Gasteiger partial charge in [0.15, 0.2) is 0 Å². The van der Waals surface area contributed by atoms with Crippen LogP contribution in [0.15, 0.2) is 85.0 Å². The van der Waals surface area contributed by atoms with E-state index in [2.05, 4.69) is 16.8 Å². The van der Waals surface area contributed by atoms with Gasteiger partial charge in [-0.15, -0.1) is 0 Å². The summed E-state index contributed by atoms with van der Waals surface area (Å²) in [5.41, 5.74) is 2.45. The minimum atomic E-state index is -4.34. The maximum absolute atomic E-state index is 13.9. The van der Waals surface area contributed by atoms with Crippen molar-refractivity contribution in [2.24, 2.45) is 0 Å². The van der Waals surface area contributed by atoms with Gasteiger partial charge in [-0.3, -0.25) is 9.69 Å². The van der Waals surface area contributed by atoms with Crippen LogP contribution >= 0.6 is 0 Å².